The van der Waals surface area contributed by atoms with Crippen LogP contribution < -0.4 is 5.32 Å². The Labute approximate surface area is 114 Å². The molecule has 0 unspecified atom stereocenters. The maximum Gasteiger partial charge on any atom is 0.102 e. The highest BCUT2D eigenvalue weighted by Gasteiger charge is 2.03. The van der Waals surface area contributed by atoms with Crippen molar-refractivity contribution in [3.05, 3.63) is 40.1 Å². The lowest BCUT2D eigenvalue weighted by Gasteiger charge is -2.07. The highest BCUT2D eigenvalue weighted by atomic mass is 79.9. The summed E-state index contributed by atoms with van der Waals surface area (Å²) in [5.74, 6) is 0. The SMILES string of the molecule is Cc1ccc(NCc2cn(CCO)nn2)c(Br)c1. The van der Waals surface area contributed by atoms with Gasteiger partial charge in [-0.15, -0.1) is 5.10 Å². The van der Waals surface area contributed by atoms with Gasteiger partial charge in [-0.1, -0.05) is 11.3 Å². The van der Waals surface area contributed by atoms with Crippen LogP contribution in [0.25, 0.3) is 0 Å². The average molecular weight is 311 g/mol. The van der Waals surface area contributed by atoms with Crippen molar-refractivity contribution < 1.29 is 5.11 Å². The van der Waals surface area contributed by atoms with Crippen molar-refractivity contribution in [2.75, 3.05) is 11.9 Å². The summed E-state index contributed by atoms with van der Waals surface area (Å²) in [5, 5.41) is 20.0. The van der Waals surface area contributed by atoms with E-state index in [4.69, 9.17) is 5.11 Å². The zero-order valence-corrected chi connectivity index (χ0v) is 11.7. The summed E-state index contributed by atoms with van der Waals surface area (Å²) < 4.78 is 2.66. The van der Waals surface area contributed by atoms with Gasteiger partial charge in [0.05, 0.1) is 25.9 Å². The number of aliphatic hydroxyl groups is 1. The fourth-order valence-corrected chi connectivity index (χ4v) is 2.21. The minimum atomic E-state index is 0.0692. The van der Waals surface area contributed by atoms with Crippen LogP contribution in [0.5, 0.6) is 0 Å². The van der Waals surface area contributed by atoms with Crippen LogP contribution in [-0.2, 0) is 13.1 Å². The number of hydrogen-bond donors (Lipinski definition) is 2. The number of aromatic nitrogens is 3. The zero-order chi connectivity index (χ0) is 13.0. The van der Waals surface area contributed by atoms with Gasteiger partial charge in [0.1, 0.15) is 5.69 Å². The van der Waals surface area contributed by atoms with Crippen molar-refractivity contribution in [3.8, 4) is 0 Å². The predicted molar refractivity (Wildman–Crippen MR) is 73.3 cm³/mol. The van der Waals surface area contributed by atoms with Crippen LogP contribution in [0.2, 0.25) is 0 Å². The van der Waals surface area contributed by atoms with Gasteiger partial charge in [-0.25, -0.2) is 4.68 Å². The largest absolute Gasteiger partial charge is 0.394 e. The number of rotatable bonds is 5. The number of aliphatic hydroxyl groups excluding tert-OH is 1. The van der Waals surface area contributed by atoms with E-state index in [1.807, 2.05) is 12.3 Å². The standard InChI is InChI=1S/C12H15BrN4O/c1-9-2-3-12(11(13)6-9)14-7-10-8-17(4-5-18)16-15-10/h2-3,6,8,14,18H,4-5,7H2,1H3. The summed E-state index contributed by atoms with van der Waals surface area (Å²) in [6, 6.07) is 6.14. The molecule has 1 heterocycles. The number of halogens is 1. The van der Waals surface area contributed by atoms with Gasteiger partial charge in [0.25, 0.3) is 0 Å². The summed E-state index contributed by atoms with van der Waals surface area (Å²) in [6.45, 7) is 3.20. The van der Waals surface area contributed by atoms with Crippen molar-refractivity contribution >= 4 is 21.6 Å². The maximum atomic E-state index is 8.79. The van der Waals surface area contributed by atoms with Crippen molar-refractivity contribution in [3.63, 3.8) is 0 Å². The van der Waals surface area contributed by atoms with Gasteiger partial charge in [-0.05, 0) is 40.5 Å². The van der Waals surface area contributed by atoms with Gasteiger partial charge in [0, 0.05) is 10.2 Å². The molecule has 6 heteroatoms. The zero-order valence-electron chi connectivity index (χ0n) is 10.1. The second-order valence-electron chi connectivity index (χ2n) is 4.03. The van der Waals surface area contributed by atoms with Crippen LogP contribution in [0.15, 0.2) is 28.9 Å². The number of benzene rings is 1. The molecule has 18 heavy (non-hydrogen) atoms. The Hall–Kier alpha value is -1.40. The second kappa shape index (κ2) is 5.97. The highest BCUT2D eigenvalue weighted by molar-refractivity contribution is 9.10. The molecule has 96 valence electrons. The van der Waals surface area contributed by atoms with Gasteiger partial charge in [0.2, 0.25) is 0 Å². The third kappa shape index (κ3) is 3.30. The van der Waals surface area contributed by atoms with Crippen LogP contribution in [0.3, 0.4) is 0 Å². The Balaban J connectivity index is 1.97. The third-order valence-electron chi connectivity index (χ3n) is 2.50. The Kier molecular flexibility index (Phi) is 4.33. The Morgan fingerprint density at radius 3 is 3.00 bits per heavy atom. The van der Waals surface area contributed by atoms with E-state index in [0.29, 0.717) is 13.1 Å². The first-order chi connectivity index (χ1) is 8.69. The van der Waals surface area contributed by atoms with Crippen molar-refractivity contribution in [2.24, 2.45) is 0 Å². The smallest absolute Gasteiger partial charge is 0.102 e. The molecule has 0 radical (unpaired) electrons. The van der Waals surface area contributed by atoms with E-state index in [0.717, 1.165) is 15.9 Å². The van der Waals surface area contributed by atoms with E-state index < -0.39 is 0 Å². The molecule has 0 saturated heterocycles. The van der Waals surface area contributed by atoms with E-state index in [1.54, 1.807) is 4.68 Å². The quantitative estimate of drug-likeness (QED) is 0.886. The van der Waals surface area contributed by atoms with Crippen molar-refractivity contribution in [2.45, 2.75) is 20.0 Å². The molecule has 0 bridgehead atoms. The second-order valence-corrected chi connectivity index (χ2v) is 4.89. The third-order valence-corrected chi connectivity index (χ3v) is 3.16. The van der Waals surface area contributed by atoms with E-state index >= 15 is 0 Å². The van der Waals surface area contributed by atoms with Crippen LogP contribution >= 0.6 is 15.9 Å². The predicted octanol–water partition coefficient (Wildman–Crippen LogP) is 1.95. The number of nitrogens with zero attached hydrogens (tertiary/aromatic N) is 3. The molecule has 0 aliphatic heterocycles. The number of hydrogen-bond acceptors (Lipinski definition) is 4. The topological polar surface area (TPSA) is 63.0 Å². The highest BCUT2D eigenvalue weighted by Crippen LogP contribution is 2.23. The molecular weight excluding hydrogens is 296 g/mol. The molecule has 0 amide bonds. The minimum Gasteiger partial charge on any atom is -0.394 e. The van der Waals surface area contributed by atoms with Crippen molar-refractivity contribution in [1.82, 2.24) is 15.0 Å². The molecule has 1 aromatic carbocycles. The first-order valence-electron chi connectivity index (χ1n) is 5.69. The molecule has 0 saturated carbocycles. The van der Waals surface area contributed by atoms with E-state index in [1.165, 1.54) is 5.56 Å². The lowest BCUT2D eigenvalue weighted by molar-refractivity contribution is 0.268. The number of nitrogens with one attached hydrogen (secondary N) is 1. The normalized spacial score (nSPS) is 10.6. The fraction of sp³-hybridized carbons (Fsp3) is 0.333. The fourth-order valence-electron chi connectivity index (χ4n) is 1.58. The summed E-state index contributed by atoms with van der Waals surface area (Å²) in [7, 11) is 0. The minimum absolute atomic E-state index is 0.0692. The first-order valence-corrected chi connectivity index (χ1v) is 6.48. The molecule has 0 aliphatic carbocycles. The van der Waals surface area contributed by atoms with E-state index in [9.17, 15) is 0 Å². The van der Waals surface area contributed by atoms with Crippen LogP contribution in [0.4, 0.5) is 5.69 Å². The van der Waals surface area contributed by atoms with Gasteiger partial charge >= 0.3 is 0 Å². The number of aryl methyl sites for hydroxylation is 1. The molecule has 5 nitrogen and oxygen atoms in total. The van der Waals surface area contributed by atoms with E-state index in [2.05, 4.69) is 50.6 Å². The molecule has 2 N–H and O–H groups in total. The molecule has 0 aliphatic rings. The van der Waals surface area contributed by atoms with Crippen molar-refractivity contribution in [1.29, 1.82) is 0 Å². The number of anilines is 1. The van der Waals surface area contributed by atoms with Gasteiger partial charge in [-0.3, -0.25) is 0 Å². The molecular formula is C12H15BrN4O. The average Bonchev–Trinajstić information content (AvgIpc) is 2.76. The molecule has 2 rings (SSSR count). The van der Waals surface area contributed by atoms with E-state index in [-0.39, 0.29) is 6.61 Å². The summed E-state index contributed by atoms with van der Waals surface area (Å²) in [4.78, 5) is 0. The lowest BCUT2D eigenvalue weighted by atomic mass is 10.2. The molecule has 0 atom stereocenters. The maximum absolute atomic E-state index is 8.79. The van der Waals surface area contributed by atoms with Crippen LogP contribution in [0.1, 0.15) is 11.3 Å². The summed E-state index contributed by atoms with van der Waals surface area (Å²) >= 11 is 3.51. The summed E-state index contributed by atoms with van der Waals surface area (Å²) in [6.07, 6.45) is 1.82. The monoisotopic (exact) mass is 310 g/mol. The Morgan fingerprint density at radius 1 is 1.44 bits per heavy atom. The lowest BCUT2D eigenvalue weighted by Crippen LogP contribution is -2.02. The Morgan fingerprint density at radius 2 is 2.28 bits per heavy atom. The van der Waals surface area contributed by atoms with Crippen LogP contribution in [0, 0.1) is 6.92 Å². The Bertz CT molecular complexity index is 527. The molecule has 2 aromatic rings. The summed E-state index contributed by atoms with van der Waals surface area (Å²) in [5.41, 5.74) is 3.08. The van der Waals surface area contributed by atoms with Gasteiger partial charge in [0.15, 0.2) is 0 Å². The van der Waals surface area contributed by atoms with Gasteiger partial charge in [-0.2, -0.15) is 0 Å². The van der Waals surface area contributed by atoms with Gasteiger partial charge < -0.3 is 10.4 Å². The molecule has 0 fully saturated rings. The molecule has 0 spiro atoms. The first kappa shape index (κ1) is 13.0. The molecule has 1 aromatic heterocycles. The van der Waals surface area contributed by atoms with Crippen LogP contribution in [-0.4, -0.2) is 26.7 Å².